The Kier molecular flexibility index (Phi) is 12.6. The third-order valence-electron chi connectivity index (χ3n) is 5.16. The van der Waals surface area contributed by atoms with E-state index in [1.165, 1.54) is 0 Å². The van der Waals surface area contributed by atoms with Crippen LogP contribution in [0.4, 0.5) is 4.79 Å². The molecular formula is C22H39N3O2. The molecular weight excluding hydrogens is 338 g/mol. The third kappa shape index (κ3) is 10.4. The number of benzene rings is 1. The Morgan fingerprint density at radius 3 is 2.37 bits per heavy atom. The van der Waals surface area contributed by atoms with Gasteiger partial charge in [-0.15, -0.1) is 0 Å². The molecule has 0 fully saturated rings. The summed E-state index contributed by atoms with van der Waals surface area (Å²) in [4.78, 5) is 16.8. The summed E-state index contributed by atoms with van der Waals surface area (Å²) in [5, 5.41) is 2.84. The van der Waals surface area contributed by atoms with Crippen molar-refractivity contribution in [3.63, 3.8) is 0 Å². The lowest BCUT2D eigenvalue weighted by molar-refractivity contribution is 0.139. The molecule has 0 aliphatic rings. The molecule has 1 unspecified atom stereocenters. The minimum absolute atomic E-state index is 0.321. The topological polar surface area (TPSA) is 44.8 Å². The number of alkyl carbamates (subject to hydrolysis) is 1. The van der Waals surface area contributed by atoms with Crippen molar-refractivity contribution in [2.45, 2.75) is 59.6 Å². The molecule has 5 nitrogen and oxygen atoms in total. The molecule has 1 rings (SSSR count). The molecule has 0 aliphatic heterocycles. The summed E-state index contributed by atoms with van der Waals surface area (Å²) in [5.41, 5.74) is 1.01. The first-order valence-electron chi connectivity index (χ1n) is 10.5. The summed E-state index contributed by atoms with van der Waals surface area (Å²) >= 11 is 0. The van der Waals surface area contributed by atoms with Crippen LogP contribution >= 0.6 is 0 Å². The van der Waals surface area contributed by atoms with Crippen LogP contribution in [-0.4, -0.2) is 61.2 Å². The van der Waals surface area contributed by atoms with Gasteiger partial charge in [-0.25, -0.2) is 4.79 Å². The van der Waals surface area contributed by atoms with Crippen molar-refractivity contribution in [1.82, 2.24) is 15.1 Å². The Hall–Kier alpha value is -1.59. The van der Waals surface area contributed by atoms with Gasteiger partial charge < -0.3 is 15.0 Å². The number of hydrogen-bond acceptors (Lipinski definition) is 4. The predicted octanol–water partition coefficient (Wildman–Crippen LogP) is 4.14. The minimum Gasteiger partial charge on any atom is -0.445 e. The average molecular weight is 378 g/mol. The van der Waals surface area contributed by atoms with Gasteiger partial charge in [0.05, 0.1) is 0 Å². The molecule has 0 saturated carbocycles. The molecule has 1 aromatic carbocycles. The Labute approximate surface area is 166 Å². The quantitative estimate of drug-likeness (QED) is 0.495. The van der Waals surface area contributed by atoms with Crippen molar-refractivity contribution in [3.05, 3.63) is 35.9 Å². The number of likely N-dealkylation sites (N-methyl/N-ethyl adjacent to an activating group) is 2. The highest BCUT2D eigenvalue weighted by atomic mass is 16.5. The van der Waals surface area contributed by atoms with E-state index in [1.807, 2.05) is 30.3 Å². The number of ether oxygens (including phenoxy) is 1. The van der Waals surface area contributed by atoms with Gasteiger partial charge in [-0.05, 0) is 45.0 Å². The number of amides is 1. The zero-order chi connectivity index (χ0) is 19.9. The third-order valence-corrected chi connectivity index (χ3v) is 5.16. The summed E-state index contributed by atoms with van der Waals surface area (Å²) in [6.45, 7) is 15.6. The van der Waals surface area contributed by atoms with Gasteiger partial charge in [0.15, 0.2) is 0 Å². The lowest BCUT2D eigenvalue weighted by Crippen LogP contribution is -2.39. The van der Waals surface area contributed by atoms with Crippen LogP contribution in [0.25, 0.3) is 0 Å². The molecule has 154 valence electrons. The van der Waals surface area contributed by atoms with Gasteiger partial charge in [-0.2, -0.15) is 0 Å². The van der Waals surface area contributed by atoms with Gasteiger partial charge in [0.2, 0.25) is 0 Å². The summed E-state index contributed by atoms with van der Waals surface area (Å²) in [5.74, 6) is 0. The minimum atomic E-state index is -0.332. The fraction of sp³-hybridized carbons (Fsp3) is 0.682. The lowest BCUT2D eigenvalue weighted by atomic mass is 10.1. The van der Waals surface area contributed by atoms with E-state index in [2.05, 4.69) is 42.8 Å². The van der Waals surface area contributed by atoms with Gasteiger partial charge >= 0.3 is 6.09 Å². The normalized spacial score (nSPS) is 12.4. The van der Waals surface area contributed by atoms with Crippen molar-refractivity contribution in [1.29, 1.82) is 0 Å². The van der Waals surface area contributed by atoms with Crippen molar-refractivity contribution >= 4 is 6.09 Å². The largest absolute Gasteiger partial charge is 0.445 e. The van der Waals surface area contributed by atoms with E-state index in [0.29, 0.717) is 19.2 Å². The molecule has 1 aromatic rings. The van der Waals surface area contributed by atoms with Crippen molar-refractivity contribution in [2.24, 2.45) is 0 Å². The van der Waals surface area contributed by atoms with Crippen LogP contribution in [0, 0.1) is 0 Å². The average Bonchev–Trinajstić information content (AvgIpc) is 2.70. The molecule has 0 aliphatic carbocycles. The van der Waals surface area contributed by atoms with Crippen molar-refractivity contribution in [3.8, 4) is 0 Å². The second-order valence-electron chi connectivity index (χ2n) is 6.99. The highest BCUT2D eigenvalue weighted by Crippen LogP contribution is 2.08. The zero-order valence-corrected chi connectivity index (χ0v) is 17.7. The Balaban J connectivity index is 2.12. The summed E-state index contributed by atoms with van der Waals surface area (Å²) in [6, 6.07) is 10.3. The van der Waals surface area contributed by atoms with E-state index in [9.17, 15) is 4.79 Å². The molecule has 27 heavy (non-hydrogen) atoms. The van der Waals surface area contributed by atoms with E-state index in [4.69, 9.17) is 4.74 Å². The monoisotopic (exact) mass is 377 g/mol. The molecule has 5 heteroatoms. The van der Waals surface area contributed by atoms with Gasteiger partial charge in [0.25, 0.3) is 0 Å². The standard InChI is InChI=1S/C22H39N3O2/c1-5-24(6-2)17-18-25(7-3)20(4)13-11-12-16-23-22(26)27-19-21-14-9-8-10-15-21/h8-10,14-15,20H,5-7,11-13,16-19H2,1-4H3,(H,23,26). The molecule has 0 bridgehead atoms. The first-order valence-corrected chi connectivity index (χ1v) is 10.5. The predicted molar refractivity (Wildman–Crippen MR) is 113 cm³/mol. The van der Waals surface area contributed by atoms with Crippen LogP contribution < -0.4 is 5.32 Å². The summed E-state index contributed by atoms with van der Waals surface area (Å²) in [7, 11) is 0. The van der Waals surface area contributed by atoms with Crippen molar-refractivity contribution in [2.75, 3.05) is 39.3 Å². The molecule has 0 spiro atoms. The number of rotatable bonds is 14. The van der Waals surface area contributed by atoms with E-state index in [-0.39, 0.29) is 6.09 Å². The highest BCUT2D eigenvalue weighted by Gasteiger charge is 2.12. The molecule has 0 heterocycles. The highest BCUT2D eigenvalue weighted by molar-refractivity contribution is 5.67. The molecule has 0 saturated heterocycles. The molecule has 1 atom stereocenters. The molecule has 0 aromatic heterocycles. The van der Waals surface area contributed by atoms with Gasteiger partial charge in [-0.3, -0.25) is 4.90 Å². The number of carbonyl (C=O) groups is 1. The summed E-state index contributed by atoms with van der Waals surface area (Å²) in [6.07, 6.45) is 2.92. The van der Waals surface area contributed by atoms with E-state index >= 15 is 0 Å². The van der Waals surface area contributed by atoms with Crippen LogP contribution in [0.15, 0.2) is 30.3 Å². The van der Waals surface area contributed by atoms with Crippen LogP contribution in [0.1, 0.15) is 52.5 Å². The maximum Gasteiger partial charge on any atom is 0.407 e. The Morgan fingerprint density at radius 2 is 1.74 bits per heavy atom. The van der Waals surface area contributed by atoms with Crippen LogP contribution in [0.2, 0.25) is 0 Å². The van der Waals surface area contributed by atoms with Gasteiger partial charge in [0.1, 0.15) is 6.61 Å². The number of hydrogen-bond donors (Lipinski definition) is 1. The lowest BCUT2D eigenvalue weighted by Gasteiger charge is -2.30. The molecule has 1 N–H and O–H groups in total. The molecule has 0 radical (unpaired) electrons. The number of carbonyl (C=O) groups excluding carboxylic acids is 1. The Bertz CT molecular complexity index is 492. The maximum atomic E-state index is 11.7. The SMILES string of the molecule is CCN(CC)CCN(CC)C(C)CCCCNC(=O)OCc1ccccc1. The van der Waals surface area contributed by atoms with Crippen LogP contribution in [0.5, 0.6) is 0 Å². The fourth-order valence-electron chi connectivity index (χ4n) is 3.21. The van der Waals surface area contributed by atoms with Gasteiger partial charge in [-0.1, -0.05) is 57.5 Å². The first-order chi connectivity index (χ1) is 13.1. The number of nitrogens with one attached hydrogen (secondary N) is 1. The fourth-order valence-corrected chi connectivity index (χ4v) is 3.21. The van der Waals surface area contributed by atoms with Crippen LogP contribution in [-0.2, 0) is 11.3 Å². The maximum absolute atomic E-state index is 11.7. The Morgan fingerprint density at radius 1 is 1.04 bits per heavy atom. The zero-order valence-electron chi connectivity index (χ0n) is 17.7. The smallest absolute Gasteiger partial charge is 0.407 e. The second kappa shape index (κ2) is 14.5. The van der Waals surface area contributed by atoms with E-state index in [1.54, 1.807) is 0 Å². The molecule has 1 amide bonds. The second-order valence-corrected chi connectivity index (χ2v) is 6.99. The van der Waals surface area contributed by atoms with Gasteiger partial charge in [0, 0.05) is 25.7 Å². The number of nitrogens with zero attached hydrogens (tertiary/aromatic N) is 2. The van der Waals surface area contributed by atoms with Crippen molar-refractivity contribution < 1.29 is 9.53 Å². The van der Waals surface area contributed by atoms with E-state index in [0.717, 1.165) is 57.5 Å². The van der Waals surface area contributed by atoms with Crippen LogP contribution in [0.3, 0.4) is 0 Å². The first kappa shape index (κ1) is 23.4. The van der Waals surface area contributed by atoms with E-state index < -0.39 is 0 Å². The summed E-state index contributed by atoms with van der Waals surface area (Å²) < 4.78 is 5.22. The number of unbranched alkanes of at least 4 members (excludes halogenated alkanes) is 1.